The van der Waals surface area contributed by atoms with E-state index in [1.165, 1.54) is 9.96 Å². The number of urea groups is 1. The third-order valence-corrected chi connectivity index (χ3v) is 4.14. The van der Waals surface area contributed by atoms with Gasteiger partial charge in [0.1, 0.15) is 6.04 Å². The summed E-state index contributed by atoms with van der Waals surface area (Å²) in [5.41, 5.74) is 4.78. The predicted molar refractivity (Wildman–Crippen MR) is 86.5 cm³/mol. The van der Waals surface area contributed by atoms with Crippen molar-refractivity contribution < 1.29 is 19.2 Å². The summed E-state index contributed by atoms with van der Waals surface area (Å²) in [5.74, 6) is -0.677. The van der Waals surface area contributed by atoms with E-state index in [0.717, 1.165) is 12.8 Å². The first kappa shape index (κ1) is 18.5. The van der Waals surface area contributed by atoms with Crippen LogP contribution in [0.3, 0.4) is 0 Å². The molecule has 2 aliphatic heterocycles. The van der Waals surface area contributed by atoms with Gasteiger partial charge in [-0.25, -0.2) is 4.79 Å². The topological polar surface area (TPSA) is 94.2 Å². The molecular formula is C15H27N5O4. The van der Waals surface area contributed by atoms with Crippen molar-refractivity contribution in [1.29, 1.82) is 0 Å². The second-order valence-electron chi connectivity index (χ2n) is 6.47. The van der Waals surface area contributed by atoms with Crippen LogP contribution in [0.2, 0.25) is 0 Å². The fourth-order valence-electron chi connectivity index (χ4n) is 2.92. The van der Waals surface area contributed by atoms with Crippen molar-refractivity contribution in [2.45, 2.75) is 44.7 Å². The van der Waals surface area contributed by atoms with Gasteiger partial charge in [-0.2, -0.15) is 5.06 Å². The quantitative estimate of drug-likeness (QED) is 0.490. The number of carbonyl (C=O) groups excluding carboxylic acids is 3. The molecule has 2 N–H and O–H groups in total. The Morgan fingerprint density at radius 1 is 1.29 bits per heavy atom. The van der Waals surface area contributed by atoms with Crippen molar-refractivity contribution in [2.24, 2.45) is 0 Å². The molecule has 2 atom stereocenters. The second-order valence-corrected chi connectivity index (χ2v) is 6.47. The summed E-state index contributed by atoms with van der Waals surface area (Å²) in [6.07, 6.45) is 3.14. The lowest BCUT2D eigenvalue weighted by Gasteiger charge is -2.29. The largest absolute Gasteiger partial charge is 0.345 e. The number of fused-ring (bicyclic) bond motifs is 2. The van der Waals surface area contributed by atoms with Gasteiger partial charge in [0.15, 0.2) is 0 Å². The Bertz CT molecular complexity index is 484. The van der Waals surface area contributed by atoms with Crippen LogP contribution in [0.25, 0.3) is 0 Å². The first-order valence-electron chi connectivity index (χ1n) is 8.40. The van der Waals surface area contributed by atoms with Crippen molar-refractivity contribution >= 4 is 17.8 Å². The fourth-order valence-corrected chi connectivity index (χ4v) is 2.92. The molecule has 0 aromatic carbocycles. The summed E-state index contributed by atoms with van der Waals surface area (Å²) in [7, 11) is 3.53. The van der Waals surface area contributed by atoms with Crippen LogP contribution in [0.5, 0.6) is 0 Å². The molecule has 2 heterocycles. The zero-order chi connectivity index (χ0) is 17.7. The number of carbonyl (C=O) groups is 3. The van der Waals surface area contributed by atoms with Crippen LogP contribution in [-0.2, 0) is 14.4 Å². The molecule has 0 aromatic rings. The van der Waals surface area contributed by atoms with Gasteiger partial charge in [0.2, 0.25) is 0 Å². The number of nitrogens with one attached hydrogen (secondary N) is 2. The van der Waals surface area contributed by atoms with Gasteiger partial charge in [-0.15, -0.1) is 0 Å². The number of rotatable bonds is 7. The predicted octanol–water partition coefficient (Wildman–Crippen LogP) is -0.304. The maximum atomic E-state index is 12.4. The molecule has 2 saturated heterocycles. The van der Waals surface area contributed by atoms with Crippen molar-refractivity contribution in [1.82, 2.24) is 25.7 Å². The lowest BCUT2D eigenvalue weighted by Crippen LogP contribution is -2.55. The highest BCUT2D eigenvalue weighted by Crippen LogP contribution is 2.30. The van der Waals surface area contributed by atoms with E-state index >= 15 is 0 Å². The van der Waals surface area contributed by atoms with Gasteiger partial charge in [0.25, 0.3) is 11.8 Å². The number of hydrogen-bond donors (Lipinski definition) is 2. The number of unbranched alkanes of at least 4 members (excludes halogenated alkanes) is 1. The van der Waals surface area contributed by atoms with Gasteiger partial charge < -0.3 is 9.80 Å². The molecule has 0 aliphatic carbocycles. The fraction of sp³-hybridized carbons (Fsp3) is 0.800. The third-order valence-electron chi connectivity index (χ3n) is 4.14. The van der Waals surface area contributed by atoms with E-state index in [1.807, 2.05) is 0 Å². The van der Waals surface area contributed by atoms with Gasteiger partial charge in [0, 0.05) is 6.54 Å². The lowest BCUT2D eigenvalue weighted by molar-refractivity contribution is -0.132. The molecule has 2 aliphatic rings. The number of amides is 4. The maximum absolute atomic E-state index is 12.4. The van der Waals surface area contributed by atoms with Gasteiger partial charge in [-0.05, 0) is 33.4 Å². The van der Waals surface area contributed by atoms with E-state index in [0.29, 0.717) is 26.0 Å². The molecule has 0 saturated carbocycles. The zero-order valence-corrected chi connectivity index (χ0v) is 14.6. The maximum Gasteiger partial charge on any atom is 0.345 e. The highest BCUT2D eigenvalue weighted by atomic mass is 16.7. The molecule has 4 amide bonds. The third kappa shape index (κ3) is 4.35. The van der Waals surface area contributed by atoms with E-state index in [9.17, 15) is 14.4 Å². The molecule has 24 heavy (non-hydrogen) atoms. The molecule has 9 heteroatoms. The molecule has 0 spiro atoms. The van der Waals surface area contributed by atoms with E-state index in [1.54, 1.807) is 19.0 Å². The second kappa shape index (κ2) is 8.29. The summed E-state index contributed by atoms with van der Waals surface area (Å²) < 4.78 is 0. The first-order chi connectivity index (χ1) is 11.4. The molecule has 2 rings (SSSR count). The Labute approximate surface area is 142 Å². The molecule has 2 fully saturated rings. The Morgan fingerprint density at radius 3 is 2.71 bits per heavy atom. The van der Waals surface area contributed by atoms with E-state index in [4.69, 9.17) is 4.84 Å². The summed E-state index contributed by atoms with van der Waals surface area (Å²) in [5, 5.41) is 1.41. The highest BCUT2D eigenvalue weighted by molar-refractivity contribution is 5.90. The van der Waals surface area contributed by atoms with Crippen LogP contribution in [0.15, 0.2) is 0 Å². The van der Waals surface area contributed by atoms with Gasteiger partial charge in [-0.1, -0.05) is 13.3 Å². The normalized spacial score (nSPS) is 22.9. The van der Waals surface area contributed by atoms with Crippen molar-refractivity contribution in [2.75, 3.05) is 33.8 Å². The number of nitrogens with zero attached hydrogens (tertiary/aromatic N) is 3. The molecule has 1 unspecified atom stereocenters. The molecule has 136 valence electrons. The van der Waals surface area contributed by atoms with Crippen LogP contribution in [0.1, 0.15) is 32.6 Å². The molecule has 9 nitrogen and oxygen atoms in total. The Balaban J connectivity index is 1.86. The Morgan fingerprint density at radius 2 is 2.04 bits per heavy atom. The lowest BCUT2D eigenvalue weighted by atomic mass is 10.0. The summed E-state index contributed by atoms with van der Waals surface area (Å²) >= 11 is 0. The summed E-state index contributed by atoms with van der Waals surface area (Å²) in [6, 6.07) is -0.844. The average Bonchev–Trinajstić information content (AvgIpc) is 2.77. The molecule has 2 bridgehead atoms. The SMILES string of the molecule is CCCCON1C(=O)N2CC1CC[C@H]2C(=O)NNC(=O)CN(C)C. The minimum Gasteiger partial charge on any atom is -0.309 e. The summed E-state index contributed by atoms with van der Waals surface area (Å²) in [4.78, 5) is 45.1. The Hall–Kier alpha value is -1.87. The van der Waals surface area contributed by atoms with Gasteiger partial charge >= 0.3 is 6.03 Å². The van der Waals surface area contributed by atoms with Crippen molar-refractivity contribution in [3.05, 3.63) is 0 Å². The van der Waals surface area contributed by atoms with Crippen LogP contribution in [-0.4, -0.2) is 78.6 Å². The van der Waals surface area contributed by atoms with E-state index < -0.39 is 6.04 Å². The number of hydrazine groups is 1. The average molecular weight is 341 g/mol. The first-order valence-corrected chi connectivity index (χ1v) is 8.40. The number of piperidine rings is 1. The van der Waals surface area contributed by atoms with Crippen LogP contribution in [0.4, 0.5) is 4.79 Å². The zero-order valence-electron chi connectivity index (χ0n) is 14.6. The molecular weight excluding hydrogens is 314 g/mol. The van der Waals surface area contributed by atoms with Crippen molar-refractivity contribution in [3.63, 3.8) is 0 Å². The minimum absolute atomic E-state index is 0.00161. The van der Waals surface area contributed by atoms with E-state index in [-0.39, 0.29) is 30.4 Å². The van der Waals surface area contributed by atoms with Crippen LogP contribution < -0.4 is 10.9 Å². The summed E-state index contributed by atoms with van der Waals surface area (Å²) in [6.45, 7) is 3.22. The van der Waals surface area contributed by atoms with Crippen LogP contribution >= 0.6 is 0 Å². The smallest absolute Gasteiger partial charge is 0.309 e. The minimum atomic E-state index is -0.576. The molecule has 0 radical (unpaired) electrons. The number of hydroxylamine groups is 2. The molecule has 0 aromatic heterocycles. The van der Waals surface area contributed by atoms with E-state index in [2.05, 4.69) is 17.8 Å². The number of hydrogen-bond acceptors (Lipinski definition) is 5. The Kier molecular flexibility index (Phi) is 6.38. The standard InChI is InChI=1S/C15H27N5O4/c1-4-5-8-24-20-11-6-7-12(19(9-11)15(20)23)14(22)17-16-13(21)10-18(2)3/h11-12H,4-10H2,1-3H3,(H,16,21)(H,17,22)/t11?,12-/m0/s1. The highest BCUT2D eigenvalue weighted by Gasteiger charge is 2.47. The van der Waals surface area contributed by atoms with Crippen LogP contribution in [0, 0.1) is 0 Å². The monoisotopic (exact) mass is 341 g/mol. The van der Waals surface area contributed by atoms with Gasteiger partial charge in [0.05, 0.1) is 19.2 Å². The van der Waals surface area contributed by atoms with Crippen molar-refractivity contribution in [3.8, 4) is 0 Å². The number of likely N-dealkylation sites (N-methyl/N-ethyl adjacent to an activating group) is 1. The van der Waals surface area contributed by atoms with Gasteiger partial charge in [-0.3, -0.25) is 25.3 Å².